The second-order valence-electron chi connectivity index (χ2n) is 12.8. The van der Waals surface area contributed by atoms with E-state index < -0.39 is 12.9 Å². The Morgan fingerprint density at radius 1 is 0.690 bits per heavy atom. The summed E-state index contributed by atoms with van der Waals surface area (Å²) < 4.78 is 6.19. The summed E-state index contributed by atoms with van der Waals surface area (Å²) in [5.41, 5.74) is 7.57. The molecule has 11 heteroatoms. The van der Waals surface area contributed by atoms with Crippen molar-refractivity contribution in [3.05, 3.63) is 75.7 Å². The number of rotatable bonds is 3. The molecule has 0 amide bonds. The van der Waals surface area contributed by atoms with Crippen molar-refractivity contribution in [1.29, 1.82) is 5.26 Å². The first-order valence-electron chi connectivity index (χ1n) is 13.9. The largest absolute Gasteiger partial charge is 0.400 e. The molecule has 0 saturated heterocycles. The van der Waals surface area contributed by atoms with Gasteiger partial charge in [-0.2, -0.15) is 5.26 Å². The third kappa shape index (κ3) is 8.76. The van der Waals surface area contributed by atoms with Crippen molar-refractivity contribution in [1.82, 2.24) is 29.1 Å². The van der Waals surface area contributed by atoms with Crippen molar-refractivity contribution >= 4 is 18.7 Å². The molecule has 1 aliphatic rings. The predicted molar refractivity (Wildman–Crippen MR) is 165 cm³/mol. The van der Waals surface area contributed by atoms with Gasteiger partial charge in [0.15, 0.2) is 0 Å². The Kier molecular flexibility index (Phi) is 12.3. The Bertz CT molecular complexity index is 1430. The van der Waals surface area contributed by atoms with E-state index in [9.17, 15) is 9.59 Å². The van der Waals surface area contributed by atoms with Crippen LogP contribution in [0.5, 0.6) is 0 Å². The summed E-state index contributed by atoms with van der Waals surface area (Å²) in [6.07, 6.45) is 3.35. The van der Waals surface area contributed by atoms with Crippen molar-refractivity contribution in [3.63, 3.8) is 0 Å². The smallest absolute Gasteiger partial charge is 0.326 e. The summed E-state index contributed by atoms with van der Waals surface area (Å²) in [7, 11) is -1.26. The van der Waals surface area contributed by atoms with Gasteiger partial charge in [-0.25, -0.2) is 15.3 Å². The van der Waals surface area contributed by atoms with Crippen LogP contribution in [0.15, 0.2) is 41.5 Å². The van der Waals surface area contributed by atoms with E-state index in [-0.39, 0.29) is 33.4 Å². The van der Waals surface area contributed by atoms with Crippen LogP contribution in [-0.2, 0) is 26.4 Å². The Balaban J connectivity index is 0.000000392. The molecule has 3 heterocycles. The van der Waals surface area contributed by atoms with Gasteiger partial charge in [0, 0.05) is 29.3 Å². The molecule has 3 aromatic rings. The predicted octanol–water partition coefficient (Wildman–Crippen LogP) is 5.40. The minimum atomic E-state index is -1.26. The van der Waals surface area contributed by atoms with Crippen molar-refractivity contribution in [3.8, 4) is 6.07 Å². The number of Topliss-reactive ketones (excluding diaryl/α,β-unsaturated/α-hetero) is 1. The van der Waals surface area contributed by atoms with Gasteiger partial charge >= 0.3 is 7.12 Å². The number of nitrogens with zero attached hydrogens (tertiary/aromatic N) is 7. The van der Waals surface area contributed by atoms with Crippen LogP contribution in [0.2, 0.25) is 0 Å². The fourth-order valence-electron chi connectivity index (χ4n) is 4.86. The average molecular weight is 617 g/mol. The van der Waals surface area contributed by atoms with E-state index in [0.29, 0.717) is 5.57 Å². The van der Waals surface area contributed by atoms with Gasteiger partial charge in [-0.05, 0) is 99.3 Å². The second-order valence-corrected chi connectivity index (χ2v) is 12.8. The van der Waals surface area contributed by atoms with Crippen LogP contribution in [0.4, 0.5) is 0 Å². The molecule has 0 aromatic carbocycles. The zero-order valence-electron chi connectivity index (χ0n) is 27.4. The number of aromatic nitrogens is 6. The first-order chi connectivity index (χ1) is 18.8. The van der Waals surface area contributed by atoms with E-state index in [0.717, 1.165) is 39.7 Å². The Labute approximate surface area is 261 Å². The molecular weight excluding hydrogens is 572 g/mol. The minimum Gasteiger partial charge on any atom is -0.400 e. The van der Waals surface area contributed by atoms with Crippen LogP contribution in [0.25, 0.3) is 0 Å². The van der Waals surface area contributed by atoms with Crippen molar-refractivity contribution in [2.45, 2.75) is 90.0 Å². The summed E-state index contributed by atoms with van der Waals surface area (Å²) in [5, 5.41) is 21.4. The molecule has 0 unspecified atom stereocenters. The van der Waals surface area contributed by atoms with Crippen molar-refractivity contribution in [2.24, 2.45) is 10.8 Å². The van der Waals surface area contributed by atoms with E-state index in [1.807, 2.05) is 68.4 Å². The number of nitriles is 1. The van der Waals surface area contributed by atoms with Crippen LogP contribution in [0.1, 0.15) is 82.6 Å². The number of allylic oxidation sites excluding steroid dienone is 4. The first kappa shape index (κ1) is 36.5. The molecule has 229 valence electrons. The Morgan fingerprint density at radius 3 is 1.26 bits per heavy atom. The summed E-state index contributed by atoms with van der Waals surface area (Å²) in [5.74, 6) is -0.752. The third-order valence-electron chi connectivity index (χ3n) is 6.84. The van der Waals surface area contributed by atoms with Gasteiger partial charge in [-0.3, -0.25) is 9.59 Å². The molecule has 9 nitrogen and oxygen atoms in total. The Hall–Kier alpha value is -3.49. The van der Waals surface area contributed by atoms with E-state index in [1.54, 1.807) is 6.07 Å². The van der Waals surface area contributed by atoms with Crippen molar-refractivity contribution < 1.29 is 26.4 Å². The van der Waals surface area contributed by atoms with Crippen molar-refractivity contribution in [2.75, 3.05) is 0 Å². The number of aryl methyl sites for hydroxylation is 6. The normalized spacial score (nSPS) is 13.3. The summed E-state index contributed by atoms with van der Waals surface area (Å²) in [6, 6.07) is 8.03. The zero-order valence-corrected chi connectivity index (χ0v) is 28.4. The van der Waals surface area contributed by atoms with Crippen LogP contribution in [0.3, 0.4) is 0 Å². The molecule has 0 N–H and O–H groups in total. The van der Waals surface area contributed by atoms with Crippen LogP contribution >= 0.6 is 0 Å². The first-order valence-corrected chi connectivity index (χ1v) is 13.9. The Morgan fingerprint density at radius 2 is 1.02 bits per heavy atom. The number of ketones is 2. The monoisotopic (exact) mass is 617 g/mol. The molecule has 42 heavy (non-hydrogen) atoms. The summed E-state index contributed by atoms with van der Waals surface area (Å²) >= 11 is 0. The summed E-state index contributed by atoms with van der Waals surface area (Å²) in [6.45, 7) is 25.7. The minimum absolute atomic E-state index is 0. The van der Waals surface area contributed by atoms with Gasteiger partial charge in [-0.1, -0.05) is 47.6 Å². The molecule has 0 saturated carbocycles. The molecule has 1 radical (unpaired) electrons. The molecule has 3 aromatic heterocycles. The van der Waals surface area contributed by atoms with Gasteiger partial charge in [0.25, 0.3) is 0 Å². The van der Waals surface area contributed by atoms with Gasteiger partial charge in [0.05, 0.1) is 23.2 Å². The molecule has 0 fully saturated rings. The fourth-order valence-corrected chi connectivity index (χ4v) is 4.86. The maximum absolute atomic E-state index is 11.8. The third-order valence-corrected chi connectivity index (χ3v) is 6.84. The maximum atomic E-state index is 11.8. The SMILES string of the molecule is CC#N.CC(C)(C)C1=CC(=O)C(=O)C(C(C)(C)C)=C1.Cc1cc(C)n([BH-](n2nc(C)cc2C)n2nc(C)cc2C)n1.[Co]. The molecule has 0 atom stereocenters. The van der Waals surface area contributed by atoms with Crippen LogP contribution < -0.4 is 0 Å². The summed E-state index contributed by atoms with van der Waals surface area (Å²) in [4.78, 5) is 23.4. The molecule has 0 spiro atoms. The topological polar surface area (TPSA) is 111 Å². The van der Waals surface area contributed by atoms with E-state index in [4.69, 9.17) is 20.6 Å². The maximum Gasteiger partial charge on any atom is 0.326 e. The average Bonchev–Trinajstić information content (AvgIpc) is 3.45. The molecular formula is C31H45BCoN7O2-. The fraction of sp³-hybridized carbons (Fsp3) is 0.484. The molecule has 0 bridgehead atoms. The van der Waals surface area contributed by atoms with Crippen LogP contribution in [0, 0.1) is 63.7 Å². The molecule has 1 aliphatic carbocycles. The van der Waals surface area contributed by atoms with E-state index >= 15 is 0 Å². The number of carbonyl (C=O) groups excluding carboxylic acids is 2. The quantitative estimate of drug-likeness (QED) is 0.221. The van der Waals surface area contributed by atoms with E-state index in [1.165, 1.54) is 13.0 Å². The molecule has 0 aliphatic heterocycles. The van der Waals surface area contributed by atoms with Gasteiger partial charge in [0.2, 0.25) is 11.6 Å². The van der Waals surface area contributed by atoms with Gasteiger partial charge in [0.1, 0.15) is 0 Å². The van der Waals surface area contributed by atoms with E-state index in [2.05, 4.69) is 52.7 Å². The number of hydrogen-bond acceptors (Lipinski definition) is 6. The van der Waals surface area contributed by atoms with Crippen LogP contribution in [-0.4, -0.2) is 47.8 Å². The standard InChI is InChI=1S/C15H22BN6.C14H20O2.C2H3N.Co/c1-10-7-13(4)20(17-10)16(21-14(5)8-11(2)18-21)22-15(6)9-12(3)19-22;1-13(2,3)9-7-10(14(4,5)6)12(16)11(15)8-9;1-2-3;/h7-9,16H,1-6H3;7-8H,1-6H3;1H3;/q-1;;;. The van der Waals surface area contributed by atoms with Gasteiger partial charge < -0.3 is 13.8 Å². The second kappa shape index (κ2) is 14.1. The molecule has 4 rings (SSSR count). The number of carbonyl (C=O) groups is 2. The zero-order chi connectivity index (χ0) is 31.4. The van der Waals surface area contributed by atoms with Gasteiger partial charge in [-0.15, -0.1) is 0 Å². The number of hydrogen-bond donors (Lipinski definition) is 0.